The van der Waals surface area contributed by atoms with Gasteiger partial charge in [0.1, 0.15) is 29.1 Å². The molecule has 3 fully saturated rings. The van der Waals surface area contributed by atoms with Crippen molar-refractivity contribution in [2.75, 3.05) is 13.7 Å². The molecule has 1 aromatic carbocycles. The van der Waals surface area contributed by atoms with Crippen molar-refractivity contribution in [1.29, 1.82) is 0 Å². The molecule has 2 N–H and O–H groups in total. The summed E-state index contributed by atoms with van der Waals surface area (Å²) in [7, 11) is 1.93. The molecule has 2 aliphatic heterocycles. The Morgan fingerprint density at radius 1 is 1.00 bits per heavy atom. The van der Waals surface area contributed by atoms with E-state index in [9.17, 15) is 24.3 Å². The van der Waals surface area contributed by atoms with E-state index in [2.05, 4.69) is 15.3 Å². The van der Waals surface area contributed by atoms with E-state index in [1.54, 1.807) is 46.3 Å². The molecule has 0 spiro atoms. The monoisotopic (exact) mass is 840 g/mol. The highest BCUT2D eigenvalue weighted by Crippen LogP contribution is 2.42. The molecule has 1 saturated carbocycles. The normalized spacial score (nSPS) is 35.6. The van der Waals surface area contributed by atoms with Crippen LogP contribution in [-0.4, -0.2) is 105 Å². The average molecular weight is 841 g/mol. The minimum absolute atomic E-state index is 0.0326. The summed E-state index contributed by atoms with van der Waals surface area (Å²) in [6.07, 6.45) is 5.74. The summed E-state index contributed by atoms with van der Waals surface area (Å²) in [5.41, 5.74) is 0.197. The third kappa shape index (κ3) is 10.1. The lowest BCUT2D eigenvalue weighted by Crippen LogP contribution is -2.60. The molecule has 330 valence electrons. The van der Waals surface area contributed by atoms with Crippen LogP contribution >= 0.6 is 0 Å². The molecular formula is C48H64N4O9. The Hall–Kier alpha value is -4.40. The van der Waals surface area contributed by atoms with Crippen LogP contribution in [0.3, 0.4) is 0 Å². The van der Waals surface area contributed by atoms with E-state index in [1.807, 2.05) is 94.3 Å². The Balaban J connectivity index is 1.37. The van der Waals surface area contributed by atoms with Gasteiger partial charge in [-0.25, -0.2) is 4.79 Å². The lowest BCUT2D eigenvalue weighted by Gasteiger charge is -2.47. The van der Waals surface area contributed by atoms with E-state index in [1.165, 1.54) is 0 Å². The van der Waals surface area contributed by atoms with Gasteiger partial charge < -0.3 is 29.4 Å². The third-order valence-electron chi connectivity index (χ3n) is 13.6. The highest BCUT2D eigenvalue weighted by molar-refractivity contribution is 6.03. The summed E-state index contributed by atoms with van der Waals surface area (Å²) >= 11 is 0. The van der Waals surface area contributed by atoms with Gasteiger partial charge in [0.05, 0.1) is 41.9 Å². The number of Topliss-reactive ketones (excluding diaryl/α,β-unsaturated/α-hetero) is 3. The Kier molecular flexibility index (Phi) is 14.6. The standard InChI is InChI=1S/C48H64N4O9/c1-10-36-23-39(53)30(4)41(55)32(6)44(60-45-42(56)38(21-29(3)59-45)52(9)27-34-15-13-19-49-25-34)47(7,24-28(2)40(54)31(5)43-48(36,8)61-46(57)51-43)58-20-14-16-33-22-35-17-11-12-18-37(35)50-26-33/h11-19,22,25-26,28-32,36,38,42-45,56H,10,20-21,23-24,27H2,1-9H3,(H,51,57)/b16-14+/t28-,29-,30+,31+,32+,36+,38+,42-,43-,44-,45+,47-,48-/m1/s1. The topological polar surface area (TPSA) is 166 Å². The quantitative estimate of drug-likeness (QED) is 0.207. The maximum atomic E-state index is 14.7. The van der Waals surface area contributed by atoms with Crippen LogP contribution in [0.5, 0.6) is 0 Å². The number of carbonyl (C=O) groups excluding carboxylic acids is 4. The molecule has 1 amide bonds. The zero-order chi connectivity index (χ0) is 44.2. The zero-order valence-electron chi connectivity index (χ0n) is 37.1. The van der Waals surface area contributed by atoms with Crippen molar-refractivity contribution in [1.82, 2.24) is 20.2 Å². The van der Waals surface area contributed by atoms with Crippen molar-refractivity contribution in [2.45, 2.75) is 136 Å². The number of nitrogens with zero attached hydrogens (tertiary/aromatic N) is 3. The number of amides is 1. The second-order valence-corrected chi connectivity index (χ2v) is 18.1. The first kappa shape index (κ1) is 46.1. The van der Waals surface area contributed by atoms with Crippen LogP contribution in [-0.2, 0) is 39.9 Å². The van der Waals surface area contributed by atoms with Crippen molar-refractivity contribution in [2.24, 2.45) is 29.6 Å². The maximum Gasteiger partial charge on any atom is 0.408 e. The number of ether oxygens (including phenoxy) is 4. The second-order valence-electron chi connectivity index (χ2n) is 18.1. The Morgan fingerprint density at radius 2 is 1.75 bits per heavy atom. The van der Waals surface area contributed by atoms with Gasteiger partial charge in [-0.1, -0.05) is 64.1 Å². The maximum absolute atomic E-state index is 14.7. The summed E-state index contributed by atoms with van der Waals surface area (Å²) in [4.78, 5) is 67.2. The van der Waals surface area contributed by atoms with Crippen LogP contribution in [0.4, 0.5) is 4.79 Å². The number of aromatic nitrogens is 2. The van der Waals surface area contributed by atoms with Gasteiger partial charge in [0, 0.05) is 66.7 Å². The first-order valence-electron chi connectivity index (χ1n) is 21.8. The number of aliphatic hydroxyl groups is 1. The Labute approximate surface area is 360 Å². The summed E-state index contributed by atoms with van der Waals surface area (Å²) in [5.74, 6) is -4.60. The number of nitrogens with one attached hydrogen (secondary N) is 1. The van der Waals surface area contributed by atoms with Crippen molar-refractivity contribution in [3.63, 3.8) is 0 Å². The van der Waals surface area contributed by atoms with Crippen LogP contribution in [0.2, 0.25) is 0 Å². The molecule has 3 aromatic rings. The smallest absolute Gasteiger partial charge is 0.408 e. The summed E-state index contributed by atoms with van der Waals surface area (Å²) in [6.45, 7) is 15.0. The van der Waals surface area contributed by atoms with E-state index in [4.69, 9.17) is 18.9 Å². The summed E-state index contributed by atoms with van der Waals surface area (Å²) in [6, 6.07) is 12.6. The number of hydrogen-bond donors (Lipinski definition) is 2. The van der Waals surface area contributed by atoms with Crippen LogP contribution in [0.1, 0.15) is 92.2 Å². The van der Waals surface area contributed by atoms with E-state index >= 15 is 0 Å². The van der Waals surface area contributed by atoms with Gasteiger partial charge in [0.15, 0.2) is 6.29 Å². The highest BCUT2D eigenvalue weighted by atomic mass is 16.7. The molecule has 13 nitrogen and oxygen atoms in total. The van der Waals surface area contributed by atoms with Crippen LogP contribution in [0.25, 0.3) is 17.0 Å². The molecule has 61 heavy (non-hydrogen) atoms. The fourth-order valence-corrected chi connectivity index (χ4v) is 9.99. The number of ketones is 3. The Morgan fingerprint density at radius 3 is 2.48 bits per heavy atom. The SMILES string of the molecule is CC[C@H]1CC(=O)[C@H](C)C(=O)[C@H](C)[C@@H](O[C@@H]2O[C@H](C)C[C@H](N(C)Cc3cccnc3)[C@H]2O)[C@](C)(OC/C=C/c2cnc3ccccc3c2)C[C@@H](C)C(=O)[C@H](C)[C@H]2NC(=O)O[C@]12C. The van der Waals surface area contributed by atoms with Crippen LogP contribution < -0.4 is 5.32 Å². The number of fused-ring (bicyclic) bond motifs is 2. The fraction of sp³-hybridized carbons (Fsp3) is 0.583. The number of alkyl carbamates (subject to hydrolysis) is 1. The molecule has 4 heterocycles. The van der Waals surface area contributed by atoms with Crippen molar-refractivity contribution in [3.05, 3.63) is 78.3 Å². The minimum atomic E-state index is -1.35. The van der Waals surface area contributed by atoms with Gasteiger partial charge in [-0.05, 0) is 83.3 Å². The van der Waals surface area contributed by atoms with Crippen molar-refractivity contribution < 1.29 is 43.2 Å². The molecule has 13 atom stereocenters. The van der Waals surface area contributed by atoms with E-state index in [0.29, 0.717) is 19.4 Å². The third-order valence-corrected chi connectivity index (χ3v) is 13.6. The van der Waals surface area contributed by atoms with Gasteiger partial charge in [-0.2, -0.15) is 0 Å². The number of para-hydroxylation sites is 1. The molecule has 6 rings (SSSR count). The van der Waals surface area contributed by atoms with Gasteiger partial charge in [0.2, 0.25) is 0 Å². The van der Waals surface area contributed by atoms with Crippen molar-refractivity contribution >= 4 is 40.4 Å². The zero-order valence-corrected chi connectivity index (χ0v) is 37.1. The molecule has 2 saturated heterocycles. The van der Waals surface area contributed by atoms with Gasteiger partial charge in [-0.3, -0.25) is 29.3 Å². The number of likely N-dealkylation sites (N-methyl/N-ethyl adjacent to an activating group) is 1. The molecule has 3 aliphatic rings. The summed E-state index contributed by atoms with van der Waals surface area (Å²) in [5, 5.41) is 15.9. The number of aliphatic hydroxyl groups excluding tert-OH is 1. The number of carbonyl (C=O) groups is 4. The lowest BCUT2D eigenvalue weighted by atomic mass is 9.69. The number of benzene rings is 1. The van der Waals surface area contributed by atoms with E-state index < -0.39 is 71.4 Å². The summed E-state index contributed by atoms with van der Waals surface area (Å²) < 4.78 is 26.0. The number of hydrogen-bond acceptors (Lipinski definition) is 12. The predicted octanol–water partition coefficient (Wildman–Crippen LogP) is 6.74. The Bertz CT molecular complexity index is 2060. The van der Waals surface area contributed by atoms with E-state index in [0.717, 1.165) is 22.0 Å². The number of pyridine rings is 2. The minimum Gasteiger partial charge on any atom is -0.441 e. The number of rotatable bonds is 10. The average Bonchev–Trinajstić information content (AvgIpc) is 3.56. The predicted molar refractivity (Wildman–Crippen MR) is 231 cm³/mol. The lowest BCUT2D eigenvalue weighted by molar-refractivity contribution is -0.297. The van der Waals surface area contributed by atoms with Gasteiger partial charge in [0.25, 0.3) is 0 Å². The van der Waals surface area contributed by atoms with Crippen molar-refractivity contribution in [3.8, 4) is 0 Å². The first-order chi connectivity index (χ1) is 28.9. The van der Waals surface area contributed by atoms with Gasteiger partial charge in [-0.15, -0.1) is 0 Å². The second kappa shape index (κ2) is 19.3. The fourth-order valence-electron chi connectivity index (χ4n) is 9.99. The molecular weight excluding hydrogens is 777 g/mol. The highest BCUT2D eigenvalue weighted by Gasteiger charge is 2.56. The molecule has 2 aromatic heterocycles. The van der Waals surface area contributed by atoms with Crippen LogP contribution in [0.15, 0.2) is 67.1 Å². The first-order valence-corrected chi connectivity index (χ1v) is 21.8. The molecule has 13 heteroatoms. The van der Waals surface area contributed by atoms with Gasteiger partial charge >= 0.3 is 6.09 Å². The molecule has 0 radical (unpaired) electrons. The molecule has 0 unspecified atom stereocenters. The molecule has 1 aliphatic carbocycles. The molecule has 0 bridgehead atoms. The van der Waals surface area contributed by atoms with Crippen LogP contribution in [0, 0.1) is 29.6 Å². The van der Waals surface area contributed by atoms with E-state index in [-0.39, 0.29) is 48.9 Å². The largest absolute Gasteiger partial charge is 0.441 e.